The molecule has 1 saturated heterocycles. The minimum absolute atomic E-state index is 0.190. The summed E-state index contributed by atoms with van der Waals surface area (Å²) in [6.07, 6.45) is 6.23. The van der Waals surface area contributed by atoms with Crippen LogP contribution in [0.1, 0.15) is 60.5 Å². The minimum Gasteiger partial charge on any atom is -0.346 e. The average molecular weight is 634 g/mol. The normalized spacial score (nSPS) is 23.2. The van der Waals surface area contributed by atoms with Gasteiger partial charge in [0.1, 0.15) is 17.7 Å². The highest BCUT2D eigenvalue weighted by Crippen LogP contribution is 2.46. The maximum absolute atomic E-state index is 13.8. The zero-order valence-electron chi connectivity index (χ0n) is 25.6. The van der Waals surface area contributed by atoms with Crippen molar-refractivity contribution in [2.45, 2.75) is 61.8 Å². The van der Waals surface area contributed by atoms with E-state index in [1.165, 1.54) is 12.4 Å². The minimum atomic E-state index is -4.76. The van der Waals surface area contributed by atoms with E-state index in [9.17, 15) is 23.2 Å². The molecule has 2 saturated carbocycles. The number of amides is 1. The largest absolute Gasteiger partial charge is 0.451 e. The monoisotopic (exact) mass is 633 g/mol. The maximum Gasteiger partial charge on any atom is 0.451 e. The average Bonchev–Trinajstić information content (AvgIpc) is 3.68. The number of nitrogens with one attached hydrogen (secondary N) is 1. The third-order valence-electron chi connectivity index (χ3n) is 10.2. The zero-order chi connectivity index (χ0) is 32.3. The number of rotatable bonds is 7. The molecular formula is C31H34F3N11O. The smallest absolute Gasteiger partial charge is 0.346 e. The number of halogens is 3. The molecule has 7 rings (SSSR count). The van der Waals surface area contributed by atoms with Crippen LogP contribution in [-0.2, 0) is 17.3 Å². The van der Waals surface area contributed by atoms with Crippen LogP contribution in [0.25, 0.3) is 22.3 Å². The summed E-state index contributed by atoms with van der Waals surface area (Å²) < 4.78 is 43.4. The molecule has 3 aliphatic rings. The molecule has 0 unspecified atom stereocenters. The Kier molecular flexibility index (Phi) is 7.32. The number of piperazine rings is 1. The van der Waals surface area contributed by atoms with E-state index in [-0.39, 0.29) is 17.4 Å². The van der Waals surface area contributed by atoms with Crippen molar-refractivity contribution in [1.29, 1.82) is 5.26 Å². The van der Waals surface area contributed by atoms with Gasteiger partial charge in [-0.3, -0.25) is 19.3 Å². The Morgan fingerprint density at radius 1 is 1.15 bits per heavy atom. The summed E-state index contributed by atoms with van der Waals surface area (Å²) in [5.41, 5.74) is 1.29. The highest BCUT2D eigenvalue weighted by atomic mass is 19.4. The number of hydrogen-bond acceptors (Lipinski definition) is 9. The number of hydrogen-bond donors (Lipinski definition) is 1. The fourth-order valence-electron chi connectivity index (χ4n) is 7.26. The highest BCUT2D eigenvalue weighted by molar-refractivity contribution is 5.92. The second-order valence-corrected chi connectivity index (χ2v) is 12.8. The van der Waals surface area contributed by atoms with Crippen molar-refractivity contribution in [3.8, 4) is 17.3 Å². The Hall–Kier alpha value is -4.42. The molecule has 0 atom stereocenters. The maximum atomic E-state index is 13.8. The van der Waals surface area contributed by atoms with Gasteiger partial charge in [0.05, 0.1) is 41.2 Å². The lowest BCUT2D eigenvalue weighted by molar-refractivity contribution is -0.145. The van der Waals surface area contributed by atoms with Crippen LogP contribution in [0.5, 0.6) is 0 Å². The van der Waals surface area contributed by atoms with E-state index in [0.29, 0.717) is 45.4 Å². The van der Waals surface area contributed by atoms with Gasteiger partial charge in [-0.15, -0.1) is 0 Å². The van der Waals surface area contributed by atoms with E-state index in [2.05, 4.69) is 41.0 Å². The van der Waals surface area contributed by atoms with Crippen LogP contribution < -0.4 is 0 Å². The summed E-state index contributed by atoms with van der Waals surface area (Å²) in [6.45, 7) is 1.88. The number of H-pyrrole nitrogens is 1. The van der Waals surface area contributed by atoms with Crippen molar-refractivity contribution in [1.82, 2.24) is 49.4 Å². The molecule has 12 nitrogen and oxygen atoms in total. The standard InChI is InChI=1S/C31H34F3N11O/c1-42(2)30(5-3-6-30)24-14-23(40-28(41-24)31(32,33)34)27(46)44-12-10-43(11-13-44)21-15-29(16-21,7-8-35)45-18-20(17-39-45)25-22-4-9-36-26(22)38-19-37-25/h4,9,14,17-19,21H,3,5-7,10-13,15-16H2,1-2H3,(H,36,37,38). The number of alkyl halides is 3. The molecule has 15 heteroatoms. The topological polar surface area (TPSA) is 136 Å². The molecule has 1 N–H and O–H groups in total. The quantitative estimate of drug-likeness (QED) is 0.322. The lowest BCUT2D eigenvalue weighted by Gasteiger charge is -2.52. The van der Waals surface area contributed by atoms with Gasteiger partial charge in [-0.1, -0.05) is 0 Å². The van der Waals surface area contributed by atoms with Crippen LogP contribution in [0, 0.1) is 11.3 Å². The first kappa shape index (κ1) is 30.2. The summed E-state index contributed by atoms with van der Waals surface area (Å²) in [5, 5.41) is 15.2. The number of fused-ring (bicyclic) bond motifs is 1. The van der Waals surface area contributed by atoms with Crippen molar-refractivity contribution in [3.05, 3.63) is 54.3 Å². The van der Waals surface area contributed by atoms with Crippen LogP contribution in [0.15, 0.2) is 37.1 Å². The van der Waals surface area contributed by atoms with Crippen LogP contribution in [0.2, 0.25) is 0 Å². The Balaban J connectivity index is 1.03. The summed E-state index contributed by atoms with van der Waals surface area (Å²) in [5.74, 6) is -1.79. The summed E-state index contributed by atoms with van der Waals surface area (Å²) in [6, 6.07) is 5.90. The summed E-state index contributed by atoms with van der Waals surface area (Å²) in [4.78, 5) is 38.7. The number of nitrogens with zero attached hydrogens (tertiary/aromatic N) is 10. The van der Waals surface area contributed by atoms with Gasteiger partial charge >= 0.3 is 6.18 Å². The first-order chi connectivity index (χ1) is 22.0. The van der Waals surface area contributed by atoms with Crippen LogP contribution in [-0.4, -0.2) is 102 Å². The molecule has 240 valence electrons. The van der Waals surface area contributed by atoms with Gasteiger partial charge in [-0.2, -0.15) is 23.5 Å². The number of aromatic nitrogens is 7. The Morgan fingerprint density at radius 2 is 1.91 bits per heavy atom. The first-order valence-electron chi connectivity index (χ1n) is 15.4. The number of carbonyl (C=O) groups excluding carboxylic acids is 1. The molecule has 0 radical (unpaired) electrons. The van der Waals surface area contributed by atoms with Crippen molar-refractivity contribution < 1.29 is 18.0 Å². The van der Waals surface area contributed by atoms with Crippen LogP contribution >= 0.6 is 0 Å². The van der Waals surface area contributed by atoms with Crippen molar-refractivity contribution in [3.63, 3.8) is 0 Å². The van der Waals surface area contributed by atoms with E-state index in [1.807, 2.05) is 42.1 Å². The molecule has 3 fully saturated rings. The number of carbonyl (C=O) groups is 1. The molecular weight excluding hydrogens is 599 g/mol. The zero-order valence-corrected chi connectivity index (χ0v) is 25.6. The Bertz CT molecular complexity index is 1810. The fourth-order valence-corrected chi connectivity index (χ4v) is 7.26. The van der Waals surface area contributed by atoms with E-state index in [4.69, 9.17) is 0 Å². The molecule has 1 aliphatic heterocycles. The van der Waals surface area contributed by atoms with E-state index in [0.717, 1.165) is 41.6 Å². The second kappa shape index (κ2) is 11.1. The molecule has 5 heterocycles. The lowest BCUT2D eigenvalue weighted by atomic mass is 9.70. The molecule has 4 aromatic rings. The van der Waals surface area contributed by atoms with Crippen LogP contribution in [0.4, 0.5) is 13.2 Å². The van der Waals surface area contributed by atoms with Gasteiger partial charge in [-0.05, 0) is 58.3 Å². The number of aromatic amines is 1. The molecule has 0 spiro atoms. The summed E-state index contributed by atoms with van der Waals surface area (Å²) in [7, 11) is 3.65. The molecule has 0 bridgehead atoms. The third kappa shape index (κ3) is 5.00. The molecule has 46 heavy (non-hydrogen) atoms. The van der Waals surface area contributed by atoms with Crippen molar-refractivity contribution in [2.24, 2.45) is 0 Å². The Morgan fingerprint density at radius 3 is 2.57 bits per heavy atom. The first-order valence-corrected chi connectivity index (χ1v) is 15.4. The molecule has 0 aromatic carbocycles. The third-order valence-corrected chi connectivity index (χ3v) is 10.2. The molecule has 2 aliphatic carbocycles. The van der Waals surface area contributed by atoms with Gasteiger partial charge in [0, 0.05) is 55.6 Å². The van der Waals surface area contributed by atoms with E-state index >= 15 is 0 Å². The van der Waals surface area contributed by atoms with Gasteiger partial charge in [0.2, 0.25) is 5.82 Å². The van der Waals surface area contributed by atoms with Gasteiger partial charge in [0.25, 0.3) is 5.91 Å². The van der Waals surface area contributed by atoms with Gasteiger partial charge < -0.3 is 9.88 Å². The summed E-state index contributed by atoms with van der Waals surface area (Å²) >= 11 is 0. The van der Waals surface area contributed by atoms with Gasteiger partial charge in [0.15, 0.2) is 0 Å². The lowest BCUT2D eigenvalue weighted by Crippen LogP contribution is -2.60. The van der Waals surface area contributed by atoms with Crippen LogP contribution in [0.3, 0.4) is 0 Å². The molecule has 4 aromatic heterocycles. The van der Waals surface area contributed by atoms with E-state index < -0.39 is 29.0 Å². The second-order valence-electron chi connectivity index (χ2n) is 12.8. The Labute approximate surface area is 263 Å². The van der Waals surface area contributed by atoms with Crippen molar-refractivity contribution >= 4 is 16.9 Å². The molecule has 1 amide bonds. The van der Waals surface area contributed by atoms with Crippen molar-refractivity contribution in [2.75, 3.05) is 40.3 Å². The highest BCUT2D eigenvalue weighted by Gasteiger charge is 2.50. The van der Waals surface area contributed by atoms with E-state index in [1.54, 1.807) is 11.1 Å². The fraction of sp³-hybridized carbons (Fsp3) is 0.516. The predicted octanol–water partition coefficient (Wildman–Crippen LogP) is 3.80. The SMILES string of the molecule is CN(C)C1(c2cc(C(=O)N3CCN(C4CC(CC#N)(n5cc(-c6ncnc7[nH]ccc67)cn5)C4)CC3)nc(C(F)(F)F)n2)CCC1. The predicted molar refractivity (Wildman–Crippen MR) is 160 cm³/mol. The number of nitriles is 1. The van der Waals surface area contributed by atoms with Gasteiger partial charge in [-0.25, -0.2) is 19.9 Å².